The number of aromatic nitrogens is 3. The summed E-state index contributed by atoms with van der Waals surface area (Å²) in [4.78, 5) is 12.8. The highest BCUT2D eigenvalue weighted by molar-refractivity contribution is 5.97. The fourth-order valence-corrected chi connectivity index (χ4v) is 3.27. The minimum atomic E-state index is -0.0950. The topological polar surface area (TPSA) is 61.1 Å². The molecule has 0 saturated carbocycles. The first-order valence-electron chi connectivity index (χ1n) is 8.95. The van der Waals surface area contributed by atoms with Crippen LogP contribution in [-0.4, -0.2) is 40.0 Å². The molecule has 0 aliphatic carbocycles. The Morgan fingerprint density at radius 1 is 1.12 bits per heavy atom. The standard InChI is InChI=1S/C20H22N4O2/c25-19(21-14-16-8-12-26-13-9-16)18-15-22-24(17-6-2-1-3-7-17)20(18)23-10-4-5-11-23/h1-7,10-11,15-16H,8-9,12-14H2,(H,21,25). The van der Waals surface area contributed by atoms with Crippen molar-refractivity contribution in [1.82, 2.24) is 19.7 Å². The van der Waals surface area contributed by atoms with Crippen LogP contribution in [0.25, 0.3) is 11.5 Å². The summed E-state index contributed by atoms with van der Waals surface area (Å²) >= 11 is 0. The van der Waals surface area contributed by atoms with Crippen molar-refractivity contribution in [3.8, 4) is 11.5 Å². The molecular formula is C20H22N4O2. The SMILES string of the molecule is O=C(NCC1CCOCC1)c1cnn(-c2ccccc2)c1-n1cccc1. The maximum absolute atomic E-state index is 12.8. The number of carbonyl (C=O) groups is 1. The Bertz CT molecular complexity index is 849. The summed E-state index contributed by atoms with van der Waals surface area (Å²) in [6.45, 7) is 2.23. The summed E-state index contributed by atoms with van der Waals surface area (Å²) in [7, 11) is 0. The predicted octanol–water partition coefficient (Wildman–Crippen LogP) is 2.82. The molecule has 0 unspecified atom stereocenters. The Hall–Kier alpha value is -2.86. The monoisotopic (exact) mass is 350 g/mol. The van der Waals surface area contributed by atoms with Crippen LogP contribution >= 0.6 is 0 Å². The van der Waals surface area contributed by atoms with Gasteiger partial charge in [-0.2, -0.15) is 5.10 Å². The van der Waals surface area contributed by atoms with Crippen molar-refractivity contribution in [3.05, 3.63) is 66.6 Å². The Labute approximate surface area is 152 Å². The number of nitrogens with one attached hydrogen (secondary N) is 1. The number of benzene rings is 1. The molecule has 134 valence electrons. The highest BCUT2D eigenvalue weighted by Gasteiger charge is 2.21. The van der Waals surface area contributed by atoms with Crippen molar-refractivity contribution in [2.45, 2.75) is 12.8 Å². The van der Waals surface area contributed by atoms with E-state index in [-0.39, 0.29) is 5.91 Å². The number of carbonyl (C=O) groups excluding carboxylic acids is 1. The molecule has 0 spiro atoms. The maximum Gasteiger partial charge on any atom is 0.256 e. The van der Waals surface area contributed by atoms with Gasteiger partial charge < -0.3 is 14.6 Å². The first-order chi connectivity index (χ1) is 12.8. The summed E-state index contributed by atoms with van der Waals surface area (Å²) in [5.41, 5.74) is 1.48. The molecule has 1 fully saturated rings. The zero-order valence-electron chi connectivity index (χ0n) is 14.5. The van der Waals surface area contributed by atoms with Crippen molar-refractivity contribution in [2.75, 3.05) is 19.8 Å². The van der Waals surface area contributed by atoms with Crippen LogP contribution in [0.15, 0.2) is 61.1 Å². The average molecular weight is 350 g/mol. The molecule has 26 heavy (non-hydrogen) atoms. The van der Waals surface area contributed by atoms with E-state index in [0.29, 0.717) is 18.0 Å². The van der Waals surface area contributed by atoms with Crippen molar-refractivity contribution in [2.24, 2.45) is 5.92 Å². The van der Waals surface area contributed by atoms with Gasteiger partial charge in [0.15, 0.2) is 5.82 Å². The van der Waals surface area contributed by atoms with E-state index < -0.39 is 0 Å². The quantitative estimate of drug-likeness (QED) is 0.770. The second kappa shape index (κ2) is 7.58. The molecule has 0 bridgehead atoms. The Morgan fingerprint density at radius 3 is 2.58 bits per heavy atom. The van der Waals surface area contributed by atoms with Crippen LogP contribution in [0.5, 0.6) is 0 Å². The molecule has 4 rings (SSSR count). The summed E-state index contributed by atoms with van der Waals surface area (Å²) in [5.74, 6) is 1.12. The number of amides is 1. The largest absolute Gasteiger partial charge is 0.381 e. The summed E-state index contributed by atoms with van der Waals surface area (Å²) in [5, 5.41) is 7.55. The van der Waals surface area contributed by atoms with Crippen LogP contribution in [0.4, 0.5) is 0 Å². The van der Waals surface area contributed by atoms with Crippen LogP contribution in [0.2, 0.25) is 0 Å². The number of ether oxygens (including phenoxy) is 1. The average Bonchev–Trinajstić information content (AvgIpc) is 3.37. The lowest BCUT2D eigenvalue weighted by Gasteiger charge is -2.22. The van der Waals surface area contributed by atoms with Crippen LogP contribution in [-0.2, 0) is 4.74 Å². The lowest BCUT2D eigenvalue weighted by molar-refractivity contribution is 0.0642. The number of rotatable bonds is 5. The van der Waals surface area contributed by atoms with Gasteiger partial charge >= 0.3 is 0 Å². The van der Waals surface area contributed by atoms with E-state index >= 15 is 0 Å². The van der Waals surface area contributed by atoms with E-state index in [2.05, 4.69) is 10.4 Å². The second-order valence-corrected chi connectivity index (χ2v) is 6.49. The fraction of sp³-hybridized carbons (Fsp3) is 0.300. The highest BCUT2D eigenvalue weighted by atomic mass is 16.5. The van der Waals surface area contributed by atoms with Gasteiger partial charge in [-0.05, 0) is 43.0 Å². The maximum atomic E-state index is 12.8. The second-order valence-electron chi connectivity index (χ2n) is 6.49. The number of hydrogen-bond acceptors (Lipinski definition) is 3. The predicted molar refractivity (Wildman–Crippen MR) is 98.8 cm³/mol. The zero-order chi connectivity index (χ0) is 17.8. The molecule has 1 aromatic carbocycles. The third kappa shape index (κ3) is 3.41. The van der Waals surface area contributed by atoms with Crippen LogP contribution in [0.3, 0.4) is 0 Å². The first-order valence-corrected chi connectivity index (χ1v) is 8.95. The van der Waals surface area contributed by atoms with E-state index in [9.17, 15) is 4.79 Å². The van der Waals surface area contributed by atoms with E-state index in [1.54, 1.807) is 10.9 Å². The first kappa shape index (κ1) is 16.6. The van der Waals surface area contributed by atoms with Crippen molar-refractivity contribution >= 4 is 5.91 Å². The molecule has 3 heterocycles. The molecule has 1 aliphatic rings. The molecule has 0 atom stereocenters. The molecule has 1 aliphatic heterocycles. The van der Waals surface area contributed by atoms with Gasteiger partial charge in [-0.3, -0.25) is 4.79 Å². The molecule has 3 aromatic rings. The van der Waals surface area contributed by atoms with Crippen molar-refractivity contribution < 1.29 is 9.53 Å². The van der Waals surface area contributed by atoms with Gasteiger partial charge in [-0.25, -0.2) is 4.68 Å². The van der Waals surface area contributed by atoms with Gasteiger partial charge in [0, 0.05) is 32.2 Å². The molecule has 0 radical (unpaired) electrons. The zero-order valence-corrected chi connectivity index (χ0v) is 14.5. The minimum Gasteiger partial charge on any atom is -0.381 e. The van der Waals surface area contributed by atoms with E-state index in [1.165, 1.54) is 0 Å². The summed E-state index contributed by atoms with van der Waals surface area (Å²) < 4.78 is 9.10. The molecule has 1 saturated heterocycles. The Kier molecular flexibility index (Phi) is 4.84. The molecule has 1 N–H and O–H groups in total. The van der Waals surface area contributed by atoms with Gasteiger partial charge in [-0.15, -0.1) is 0 Å². The van der Waals surface area contributed by atoms with Crippen LogP contribution in [0, 0.1) is 5.92 Å². The highest BCUT2D eigenvalue weighted by Crippen LogP contribution is 2.20. The smallest absolute Gasteiger partial charge is 0.256 e. The van der Waals surface area contributed by atoms with Gasteiger partial charge in [0.1, 0.15) is 5.56 Å². The molecule has 2 aromatic heterocycles. The third-order valence-electron chi connectivity index (χ3n) is 4.73. The molecule has 6 nitrogen and oxygen atoms in total. The fourth-order valence-electron chi connectivity index (χ4n) is 3.27. The van der Waals surface area contributed by atoms with Crippen molar-refractivity contribution in [3.63, 3.8) is 0 Å². The normalized spacial score (nSPS) is 15.1. The van der Waals surface area contributed by atoms with E-state index in [4.69, 9.17) is 4.74 Å². The Balaban J connectivity index is 1.61. The van der Waals surface area contributed by atoms with Crippen LogP contribution in [0.1, 0.15) is 23.2 Å². The number of nitrogens with zero attached hydrogens (tertiary/aromatic N) is 3. The van der Waals surface area contributed by atoms with Gasteiger partial charge in [-0.1, -0.05) is 18.2 Å². The summed E-state index contributed by atoms with van der Waals surface area (Å²) in [6, 6.07) is 13.7. The molecule has 6 heteroatoms. The van der Waals surface area contributed by atoms with Gasteiger partial charge in [0.2, 0.25) is 0 Å². The lowest BCUT2D eigenvalue weighted by Crippen LogP contribution is -2.32. The minimum absolute atomic E-state index is 0.0950. The lowest BCUT2D eigenvalue weighted by atomic mass is 10.0. The van der Waals surface area contributed by atoms with Crippen molar-refractivity contribution in [1.29, 1.82) is 0 Å². The van der Waals surface area contributed by atoms with E-state index in [0.717, 1.165) is 37.6 Å². The number of para-hydroxylation sites is 1. The van der Waals surface area contributed by atoms with E-state index in [1.807, 2.05) is 59.4 Å². The van der Waals surface area contributed by atoms with Gasteiger partial charge in [0.25, 0.3) is 5.91 Å². The van der Waals surface area contributed by atoms with Crippen LogP contribution < -0.4 is 5.32 Å². The Morgan fingerprint density at radius 2 is 1.85 bits per heavy atom. The third-order valence-corrected chi connectivity index (χ3v) is 4.73. The van der Waals surface area contributed by atoms with Gasteiger partial charge in [0.05, 0.1) is 11.9 Å². The summed E-state index contributed by atoms with van der Waals surface area (Å²) in [6.07, 6.45) is 7.47. The molecular weight excluding hydrogens is 328 g/mol. The number of hydrogen-bond donors (Lipinski definition) is 1. The molecule has 1 amide bonds.